The summed E-state index contributed by atoms with van der Waals surface area (Å²) < 4.78 is 8.69. The molecule has 5 heteroatoms. The Hall–Kier alpha value is -1.26. The predicted molar refractivity (Wildman–Crippen MR) is 41.4 cm³/mol. The Bertz CT molecular complexity index is 149. The summed E-state index contributed by atoms with van der Waals surface area (Å²) >= 11 is 0. The van der Waals surface area contributed by atoms with Crippen molar-refractivity contribution in [2.24, 2.45) is 5.73 Å². The van der Waals surface area contributed by atoms with Crippen LogP contribution >= 0.6 is 0 Å². The van der Waals surface area contributed by atoms with Gasteiger partial charge in [-0.25, -0.2) is 4.79 Å². The Labute approximate surface area is 70.8 Å². The van der Waals surface area contributed by atoms with Crippen molar-refractivity contribution in [3.63, 3.8) is 0 Å². The van der Waals surface area contributed by atoms with Gasteiger partial charge in [-0.05, 0) is 13.3 Å². The molecule has 0 bridgehead atoms. The second-order valence-electron chi connectivity index (χ2n) is 2.08. The number of cyclic esters (lactones) is 1. The molecule has 1 aliphatic heterocycles. The predicted octanol–water partition coefficient (Wildman–Crippen LogP) is 0.425. The smallest absolute Gasteiger partial charge is 0.404 e. The lowest BCUT2D eigenvalue weighted by Crippen LogP contribution is -2.11. The first-order chi connectivity index (χ1) is 5.66. The van der Waals surface area contributed by atoms with Crippen LogP contribution in [0.25, 0.3) is 0 Å². The van der Waals surface area contributed by atoms with Gasteiger partial charge < -0.3 is 15.2 Å². The molecule has 0 aromatic heterocycles. The Morgan fingerprint density at radius 3 is 2.50 bits per heavy atom. The first kappa shape index (κ1) is 10.7. The number of hydrogen-bond donors (Lipinski definition) is 1. The summed E-state index contributed by atoms with van der Waals surface area (Å²) in [6.07, 6.45) is 0.830. The number of nitrogens with two attached hydrogens (primary N) is 1. The topological polar surface area (TPSA) is 78.6 Å². The Balaban J connectivity index is 0.000000202. The Morgan fingerprint density at radius 2 is 2.42 bits per heavy atom. The molecular weight excluding hydrogens is 162 g/mol. The van der Waals surface area contributed by atoms with E-state index < -0.39 is 6.09 Å². The summed E-state index contributed by atoms with van der Waals surface area (Å²) in [5.41, 5.74) is 4.54. The normalized spacial score (nSPS) is 14.2. The molecule has 70 valence electrons. The molecule has 0 spiro atoms. The minimum Gasteiger partial charge on any atom is -0.466 e. The molecule has 0 aliphatic carbocycles. The van der Waals surface area contributed by atoms with Crippen LogP contribution in [0.4, 0.5) is 4.79 Å². The Morgan fingerprint density at radius 1 is 1.75 bits per heavy atom. The van der Waals surface area contributed by atoms with E-state index in [2.05, 4.69) is 15.2 Å². The number of carbonyl (C=O) groups is 2. The van der Waals surface area contributed by atoms with Crippen LogP contribution in [0.1, 0.15) is 19.8 Å². The van der Waals surface area contributed by atoms with Crippen molar-refractivity contribution in [2.45, 2.75) is 19.8 Å². The average Bonchev–Trinajstić information content (AvgIpc) is 2.40. The third-order valence-electron chi connectivity index (χ3n) is 1.07. The van der Waals surface area contributed by atoms with E-state index in [-0.39, 0.29) is 5.97 Å². The molecular formula is C7H13NO4. The zero-order valence-electron chi connectivity index (χ0n) is 7.04. The molecule has 1 amide bonds. The molecule has 12 heavy (non-hydrogen) atoms. The van der Waals surface area contributed by atoms with E-state index in [1.165, 1.54) is 0 Å². The zero-order valence-corrected chi connectivity index (χ0v) is 7.04. The van der Waals surface area contributed by atoms with Crippen LogP contribution in [0.5, 0.6) is 0 Å². The van der Waals surface area contributed by atoms with Gasteiger partial charge in [0.2, 0.25) is 0 Å². The fourth-order valence-corrected chi connectivity index (χ4v) is 0.617. The second kappa shape index (κ2) is 6.45. The molecule has 0 aromatic carbocycles. The van der Waals surface area contributed by atoms with Gasteiger partial charge >= 0.3 is 12.1 Å². The van der Waals surface area contributed by atoms with Crippen molar-refractivity contribution in [2.75, 3.05) is 13.2 Å². The monoisotopic (exact) mass is 175 g/mol. The van der Waals surface area contributed by atoms with Crippen LogP contribution < -0.4 is 5.73 Å². The minimum atomic E-state index is -0.711. The lowest BCUT2D eigenvalue weighted by atomic mass is 10.4. The van der Waals surface area contributed by atoms with Crippen molar-refractivity contribution in [3.05, 3.63) is 0 Å². The second-order valence-corrected chi connectivity index (χ2v) is 2.08. The summed E-state index contributed by atoms with van der Waals surface area (Å²) in [6.45, 7) is 2.69. The SMILES string of the molecule is CCOC(N)=O.O=C1CCCO1. The van der Waals surface area contributed by atoms with E-state index >= 15 is 0 Å². The zero-order chi connectivity index (χ0) is 9.40. The van der Waals surface area contributed by atoms with Gasteiger partial charge in [0, 0.05) is 6.42 Å². The van der Waals surface area contributed by atoms with E-state index in [0.29, 0.717) is 19.6 Å². The number of ether oxygens (including phenoxy) is 2. The summed E-state index contributed by atoms with van der Waals surface area (Å²) in [4.78, 5) is 19.6. The van der Waals surface area contributed by atoms with Gasteiger partial charge in [-0.1, -0.05) is 0 Å². The molecule has 2 N–H and O–H groups in total. The molecule has 0 aromatic rings. The van der Waals surface area contributed by atoms with E-state index in [1.807, 2.05) is 0 Å². The molecule has 0 radical (unpaired) electrons. The van der Waals surface area contributed by atoms with Crippen LogP contribution in [0.2, 0.25) is 0 Å². The highest BCUT2D eigenvalue weighted by atomic mass is 16.5. The van der Waals surface area contributed by atoms with E-state index in [9.17, 15) is 9.59 Å². The van der Waals surface area contributed by atoms with Gasteiger partial charge in [-0.15, -0.1) is 0 Å². The number of amides is 1. The molecule has 1 fully saturated rings. The quantitative estimate of drug-likeness (QED) is 0.586. The Kier molecular flexibility index (Phi) is 5.77. The summed E-state index contributed by atoms with van der Waals surface area (Å²) in [7, 11) is 0. The van der Waals surface area contributed by atoms with Crippen molar-refractivity contribution in [3.8, 4) is 0 Å². The fraction of sp³-hybridized carbons (Fsp3) is 0.714. The van der Waals surface area contributed by atoms with E-state index in [4.69, 9.17) is 0 Å². The maximum atomic E-state index is 10.0. The number of hydrogen-bond acceptors (Lipinski definition) is 4. The van der Waals surface area contributed by atoms with E-state index in [1.54, 1.807) is 6.92 Å². The average molecular weight is 175 g/mol. The van der Waals surface area contributed by atoms with Crippen molar-refractivity contribution >= 4 is 12.1 Å². The van der Waals surface area contributed by atoms with Gasteiger partial charge in [0.25, 0.3) is 0 Å². The van der Waals surface area contributed by atoms with Crippen molar-refractivity contribution in [1.29, 1.82) is 0 Å². The molecule has 0 saturated carbocycles. The number of primary amides is 1. The molecule has 1 heterocycles. The van der Waals surface area contributed by atoms with Gasteiger partial charge in [-0.3, -0.25) is 4.79 Å². The van der Waals surface area contributed by atoms with Crippen LogP contribution in [0, 0.1) is 0 Å². The molecule has 1 rings (SSSR count). The van der Waals surface area contributed by atoms with Gasteiger partial charge in [0.1, 0.15) is 0 Å². The standard InChI is InChI=1S/C4H6O2.C3H7NO2/c5-4-2-1-3-6-4;1-2-6-3(4)5/h1-3H2;2H2,1H3,(H2,4,5). The summed E-state index contributed by atoms with van der Waals surface area (Å²) in [5, 5.41) is 0. The molecule has 1 aliphatic rings. The number of rotatable bonds is 1. The van der Waals surface area contributed by atoms with Gasteiger partial charge in [0.05, 0.1) is 13.2 Å². The largest absolute Gasteiger partial charge is 0.466 e. The van der Waals surface area contributed by atoms with Crippen molar-refractivity contribution in [1.82, 2.24) is 0 Å². The summed E-state index contributed by atoms with van der Waals surface area (Å²) in [5.74, 6) is -0.0463. The highest BCUT2D eigenvalue weighted by Gasteiger charge is 2.08. The van der Waals surface area contributed by atoms with Crippen LogP contribution in [0.15, 0.2) is 0 Å². The third kappa shape index (κ3) is 6.85. The summed E-state index contributed by atoms with van der Waals surface area (Å²) in [6, 6.07) is 0. The van der Waals surface area contributed by atoms with Crippen LogP contribution in [-0.2, 0) is 14.3 Å². The highest BCUT2D eigenvalue weighted by Crippen LogP contribution is 2.01. The maximum absolute atomic E-state index is 10.0. The van der Waals surface area contributed by atoms with Crippen LogP contribution in [0.3, 0.4) is 0 Å². The maximum Gasteiger partial charge on any atom is 0.404 e. The third-order valence-corrected chi connectivity index (χ3v) is 1.07. The highest BCUT2D eigenvalue weighted by molar-refractivity contribution is 5.70. The lowest BCUT2D eigenvalue weighted by Gasteiger charge is -1.89. The van der Waals surface area contributed by atoms with Gasteiger partial charge in [-0.2, -0.15) is 0 Å². The van der Waals surface area contributed by atoms with E-state index in [0.717, 1.165) is 6.42 Å². The first-order valence-corrected chi connectivity index (χ1v) is 3.74. The molecule has 0 unspecified atom stereocenters. The van der Waals surface area contributed by atoms with Crippen LogP contribution in [-0.4, -0.2) is 25.3 Å². The minimum absolute atomic E-state index is 0.0463. The first-order valence-electron chi connectivity index (χ1n) is 3.74. The van der Waals surface area contributed by atoms with Crippen molar-refractivity contribution < 1.29 is 19.1 Å². The lowest BCUT2D eigenvalue weighted by molar-refractivity contribution is -0.137. The number of carbonyl (C=O) groups excluding carboxylic acids is 2. The number of esters is 1. The molecule has 1 saturated heterocycles. The molecule has 0 atom stereocenters. The molecule has 5 nitrogen and oxygen atoms in total. The fourth-order valence-electron chi connectivity index (χ4n) is 0.617. The van der Waals surface area contributed by atoms with Gasteiger partial charge in [0.15, 0.2) is 0 Å².